The Hall–Kier alpha value is -1.93. The summed E-state index contributed by atoms with van der Waals surface area (Å²) in [5, 5.41) is 0. The van der Waals surface area contributed by atoms with Gasteiger partial charge in [-0.15, -0.1) is 11.3 Å². The highest BCUT2D eigenvalue weighted by molar-refractivity contribution is 9.11. The average Bonchev–Trinajstić information content (AvgIpc) is 2.97. The number of thiophene rings is 1. The van der Waals surface area contributed by atoms with E-state index in [0.717, 1.165) is 8.66 Å². The number of hydrogen-bond donors (Lipinski definition) is 0. The fourth-order valence-electron chi connectivity index (χ4n) is 2.08. The molecule has 0 radical (unpaired) electrons. The van der Waals surface area contributed by atoms with Gasteiger partial charge in [0.05, 0.1) is 17.4 Å². The highest BCUT2D eigenvalue weighted by Crippen LogP contribution is 2.33. The van der Waals surface area contributed by atoms with Crippen molar-refractivity contribution < 1.29 is 23.0 Å². The zero-order chi connectivity index (χ0) is 18.4. The third-order valence-electron chi connectivity index (χ3n) is 3.24. The molecule has 25 heavy (non-hydrogen) atoms. The molecule has 4 nitrogen and oxygen atoms in total. The van der Waals surface area contributed by atoms with Gasteiger partial charge in [-0.2, -0.15) is 8.78 Å². The number of benzene rings is 1. The highest BCUT2D eigenvalue weighted by atomic mass is 79.9. The first-order valence-corrected chi connectivity index (χ1v) is 8.81. The van der Waals surface area contributed by atoms with Crippen LogP contribution in [0, 0.1) is 0 Å². The highest BCUT2D eigenvalue weighted by Gasteiger charge is 2.14. The first-order valence-electron chi connectivity index (χ1n) is 7.20. The Morgan fingerprint density at radius 1 is 1.36 bits per heavy atom. The number of halogens is 3. The van der Waals surface area contributed by atoms with Gasteiger partial charge in [-0.3, -0.25) is 4.79 Å². The molecule has 2 aromatic rings. The molecule has 8 heteroatoms. The summed E-state index contributed by atoms with van der Waals surface area (Å²) in [6.45, 7) is -2.53. The minimum Gasteiger partial charge on any atom is -0.493 e. The number of rotatable bonds is 7. The zero-order valence-electron chi connectivity index (χ0n) is 13.5. The zero-order valence-corrected chi connectivity index (χ0v) is 15.9. The van der Waals surface area contributed by atoms with Crippen LogP contribution in [0.3, 0.4) is 0 Å². The maximum atomic E-state index is 12.6. The summed E-state index contributed by atoms with van der Waals surface area (Å²) in [6, 6.07) is 8.56. The summed E-state index contributed by atoms with van der Waals surface area (Å²) in [4.78, 5) is 14.8. The van der Waals surface area contributed by atoms with Crippen LogP contribution in [0.4, 0.5) is 8.78 Å². The predicted molar refractivity (Wildman–Crippen MR) is 97.2 cm³/mol. The fraction of sp³-hybridized carbons (Fsp3) is 0.235. The second kappa shape index (κ2) is 8.96. The van der Waals surface area contributed by atoms with E-state index in [2.05, 4.69) is 20.7 Å². The van der Waals surface area contributed by atoms with Gasteiger partial charge in [0.25, 0.3) is 0 Å². The second-order valence-electron chi connectivity index (χ2n) is 4.99. The lowest BCUT2D eigenvalue weighted by atomic mass is 10.1. The van der Waals surface area contributed by atoms with E-state index in [1.807, 2.05) is 12.1 Å². The molecule has 0 atom stereocenters. The van der Waals surface area contributed by atoms with E-state index in [0.29, 0.717) is 12.1 Å². The summed E-state index contributed by atoms with van der Waals surface area (Å²) in [5.74, 6) is -0.184. The SMILES string of the molecule is COc1cccc(/C=C/C(=O)N(C)Cc2ccc(Br)s2)c1OC(F)F. The number of ether oxygens (including phenoxy) is 2. The number of methoxy groups -OCH3 is 1. The van der Waals surface area contributed by atoms with Gasteiger partial charge in [-0.1, -0.05) is 12.1 Å². The summed E-state index contributed by atoms with van der Waals surface area (Å²) in [7, 11) is 3.03. The van der Waals surface area contributed by atoms with Crippen molar-refractivity contribution in [2.75, 3.05) is 14.2 Å². The number of likely N-dealkylation sites (N-methyl/N-ethyl adjacent to an activating group) is 1. The average molecular weight is 432 g/mol. The molecule has 0 bridgehead atoms. The molecule has 0 saturated carbocycles. The van der Waals surface area contributed by atoms with E-state index in [-0.39, 0.29) is 17.4 Å². The molecule has 1 aromatic heterocycles. The van der Waals surface area contributed by atoms with Gasteiger partial charge in [0, 0.05) is 23.6 Å². The van der Waals surface area contributed by atoms with Crippen molar-refractivity contribution >= 4 is 39.2 Å². The van der Waals surface area contributed by atoms with Crippen LogP contribution in [0.25, 0.3) is 6.08 Å². The minimum absolute atomic E-state index is 0.103. The van der Waals surface area contributed by atoms with E-state index < -0.39 is 6.61 Å². The van der Waals surface area contributed by atoms with Gasteiger partial charge in [-0.05, 0) is 40.2 Å². The normalized spacial score (nSPS) is 11.1. The molecule has 0 spiro atoms. The van der Waals surface area contributed by atoms with Crippen LogP contribution in [0.5, 0.6) is 11.5 Å². The molecule has 0 aliphatic rings. The van der Waals surface area contributed by atoms with E-state index in [9.17, 15) is 13.6 Å². The van der Waals surface area contributed by atoms with Crippen LogP contribution in [-0.2, 0) is 11.3 Å². The summed E-state index contributed by atoms with van der Waals surface area (Å²) < 4.78 is 35.8. The van der Waals surface area contributed by atoms with Crippen molar-refractivity contribution in [1.82, 2.24) is 4.90 Å². The third-order valence-corrected chi connectivity index (χ3v) is 4.85. The van der Waals surface area contributed by atoms with Crippen LogP contribution in [0.1, 0.15) is 10.4 Å². The van der Waals surface area contributed by atoms with E-state index >= 15 is 0 Å². The lowest BCUT2D eigenvalue weighted by Gasteiger charge is -2.14. The van der Waals surface area contributed by atoms with Gasteiger partial charge in [0.2, 0.25) is 5.91 Å². The molecule has 1 amide bonds. The Morgan fingerprint density at radius 2 is 2.12 bits per heavy atom. The van der Waals surface area contributed by atoms with E-state index in [4.69, 9.17) is 4.74 Å². The molecule has 134 valence electrons. The van der Waals surface area contributed by atoms with Gasteiger partial charge < -0.3 is 14.4 Å². The molecular weight excluding hydrogens is 416 g/mol. The number of para-hydroxylation sites is 1. The summed E-state index contributed by atoms with van der Waals surface area (Å²) in [5.41, 5.74) is 0.334. The first kappa shape index (κ1) is 19.4. The van der Waals surface area contributed by atoms with Crippen molar-refractivity contribution in [3.05, 3.63) is 50.6 Å². The monoisotopic (exact) mass is 431 g/mol. The molecule has 0 aliphatic heterocycles. The Labute approximate surface area is 156 Å². The van der Waals surface area contributed by atoms with Crippen molar-refractivity contribution in [3.63, 3.8) is 0 Å². The number of alkyl halides is 2. The molecule has 1 aromatic carbocycles. The predicted octanol–water partition coefficient (Wildman–Crippen LogP) is 4.79. The molecule has 0 saturated heterocycles. The third kappa shape index (κ3) is 5.54. The Morgan fingerprint density at radius 3 is 2.72 bits per heavy atom. The molecule has 1 heterocycles. The molecule has 2 rings (SSSR count). The van der Waals surface area contributed by atoms with Gasteiger partial charge in [-0.25, -0.2) is 0 Å². The molecular formula is C17H16BrF2NO3S. The summed E-state index contributed by atoms with van der Waals surface area (Å²) in [6.07, 6.45) is 2.75. The number of carbonyl (C=O) groups is 1. The Kier molecular flexibility index (Phi) is 6.95. The van der Waals surface area contributed by atoms with E-state index in [1.54, 1.807) is 30.5 Å². The second-order valence-corrected chi connectivity index (χ2v) is 7.54. The molecule has 0 fully saturated rings. The van der Waals surface area contributed by atoms with Crippen molar-refractivity contribution in [3.8, 4) is 11.5 Å². The largest absolute Gasteiger partial charge is 0.493 e. The van der Waals surface area contributed by atoms with Crippen LogP contribution >= 0.6 is 27.3 Å². The minimum atomic E-state index is -2.99. The van der Waals surface area contributed by atoms with Gasteiger partial charge >= 0.3 is 6.61 Å². The molecule has 0 N–H and O–H groups in total. The maximum absolute atomic E-state index is 12.6. The van der Waals surface area contributed by atoms with Crippen LogP contribution in [0.15, 0.2) is 40.2 Å². The fourth-order valence-corrected chi connectivity index (χ4v) is 3.61. The Bertz CT molecular complexity index is 764. The maximum Gasteiger partial charge on any atom is 0.387 e. The van der Waals surface area contributed by atoms with Gasteiger partial charge in [0.1, 0.15) is 0 Å². The van der Waals surface area contributed by atoms with Crippen molar-refractivity contribution in [2.45, 2.75) is 13.2 Å². The van der Waals surface area contributed by atoms with Crippen molar-refractivity contribution in [2.24, 2.45) is 0 Å². The summed E-state index contributed by atoms with van der Waals surface area (Å²) >= 11 is 4.92. The quantitative estimate of drug-likeness (QED) is 0.591. The van der Waals surface area contributed by atoms with Crippen LogP contribution in [0.2, 0.25) is 0 Å². The first-order chi connectivity index (χ1) is 11.9. The number of carbonyl (C=O) groups excluding carboxylic acids is 1. The van der Waals surface area contributed by atoms with Crippen LogP contribution < -0.4 is 9.47 Å². The molecule has 0 unspecified atom stereocenters. The number of amides is 1. The lowest BCUT2D eigenvalue weighted by Crippen LogP contribution is -2.23. The molecule has 0 aliphatic carbocycles. The van der Waals surface area contributed by atoms with Crippen LogP contribution in [-0.4, -0.2) is 31.6 Å². The smallest absolute Gasteiger partial charge is 0.387 e. The number of hydrogen-bond acceptors (Lipinski definition) is 4. The topological polar surface area (TPSA) is 38.8 Å². The lowest BCUT2D eigenvalue weighted by molar-refractivity contribution is -0.125. The Balaban J connectivity index is 2.13. The number of nitrogens with zero attached hydrogens (tertiary/aromatic N) is 1. The standard InChI is InChI=1S/C17H16BrF2NO3S/c1-21(10-12-7-8-14(18)25-12)15(22)9-6-11-4-3-5-13(23-2)16(11)24-17(19)20/h3-9,17H,10H2,1-2H3/b9-6+. The van der Waals surface area contributed by atoms with Crippen molar-refractivity contribution in [1.29, 1.82) is 0 Å². The van der Waals surface area contributed by atoms with Gasteiger partial charge in [0.15, 0.2) is 11.5 Å². The van der Waals surface area contributed by atoms with E-state index in [1.165, 1.54) is 30.2 Å².